The lowest BCUT2D eigenvalue weighted by Crippen LogP contribution is -2.41. The maximum atomic E-state index is 11.2. The molecular weight excluding hydrogens is 380 g/mol. The number of hydrogen-bond acceptors (Lipinski definition) is 5. The number of carbonyl (C=O) groups is 1. The number of rotatable bonds is 7. The van der Waals surface area contributed by atoms with Gasteiger partial charge in [0.15, 0.2) is 5.94 Å². The van der Waals surface area contributed by atoms with Crippen molar-refractivity contribution in [2.24, 2.45) is 59.2 Å². The summed E-state index contributed by atoms with van der Waals surface area (Å²) in [5, 5.41) is 0. The molecule has 7 heteroatoms. The number of hydrogen-bond donors (Lipinski definition) is 1. The molecule has 0 spiro atoms. The molecule has 160 valence electrons. The number of carbonyl (C=O) groups excluding carboxylic acids is 1. The monoisotopic (exact) mass is 414 g/mol. The number of esters is 1. The van der Waals surface area contributed by atoms with Crippen LogP contribution in [0.25, 0.3) is 0 Å². The minimum atomic E-state index is -4.06. The quantitative estimate of drug-likeness (QED) is 0.508. The first-order valence-electron chi connectivity index (χ1n) is 10.8. The predicted octanol–water partition coefficient (Wildman–Crippen LogP) is 3.23. The van der Waals surface area contributed by atoms with E-state index in [1.807, 2.05) is 0 Å². The molecule has 0 aliphatic heterocycles. The molecule has 0 saturated heterocycles. The van der Waals surface area contributed by atoms with Crippen molar-refractivity contribution in [3.8, 4) is 0 Å². The van der Waals surface area contributed by atoms with Gasteiger partial charge in [0.25, 0.3) is 10.1 Å². The summed E-state index contributed by atoms with van der Waals surface area (Å²) in [6.07, 6.45) is 4.81. The fourth-order valence-electron chi connectivity index (χ4n) is 7.89. The molecule has 1 N–H and O–H groups in total. The van der Waals surface area contributed by atoms with E-state index in [2.05, 4.69) is 13.8 Å². The Morgan fingerprint density at radius 3 is 2.18 bits per heavy atom. The summed E-state index contributed by atoms with van der Waals surface area (Å²) in [5.74, 6) is 5.68. The minimum absolute atomic E-state index is 0.179. The topological polar surface area (TPSA) is 89.9 Å². The summed E-state index contributed by atoms with van der Waals surface area (Å²) in [5.41, 5.74) is 0. The van der Waals surface area contributed by atoms with Crippen LogP contribution in [-0.4, -0.2) is 38.1 Å². The van der Waals surface area contributed by atoms with Gasteiger partial charge in [-0.3, -0.25) is 9.35 Å². The first-order valence-corrected chi connectivity index (χ1v) is 12.4. The fraction of sp³-hybridized carbons (Fsp3) is 0.952. The highest BCUT2D eigenvalue weighted by molar-refractivity contribution is 7.85. The van der Waals surface area contributed by atoms with Gasteiger partial charge in [-0.05, 0) is 84.9 Å². The third-order valence-electron chi connectivity index (χ3n) is 8.75. The van der Waals surface area contributed by atoms with Crippen molar-refractivity contribution in [3.05, 3.63) is 0 Å². The molecule has 4 saturated carbocycles. The van der Waals surface area contributed by atoms with Gasteiger partial charge in [0.1, 0.15) is 0 Å². The second kappa shape index (κ2) is 7.55. The third-order valence-corrected chi connectivity index (χ3v) is 9.22. The lowest BCUT2D eigenvalue weighted by Gasteiger charge is -2.44. The summed E-state index contributed by atoms with van der Waals surface area (Å²) in [7, 11) is -4.06. The van der Waals surface area contributed by atoms with Gasteiger partial charge in [-0.25, -0.2) is 0 Å². The summed E-state index contributed by atoms with van der Waals surface area (Å²) in [6.45, 7) is 7.32. The first-order chi connectivity index (χ1) is 13.2. The van der Waals surface area contributed by atoms with Crippen molar-refractivity contribution in [2.45, 2.75) is 46.5 Å². The zero-order chi connectivity index (χ0) is 20.2. The van der Waals surface area contributed by atoms with Gasteiger partial charge < -0.3 is 9.47 Å². The lowest BCUT2D eigenvalue weighted by atomic mass is 9.61. The normalized spacial score (nSPS) is 47.0. The maximum Gasteiger partial charge on any atom is 0.302 e. The van der Waals surface area contributed by atoms with Crippen molar-refractivity contribution in [2.75, 3.05) is 19.2 Å². The molecule has 4 fully saturated rings. The molecule has 6 unspecified atom stereocenters. The molecule has 4 bridgehead atoms. The van der Waals surface area contributed by atoms with E-state index in [1.54, 1.807) is 0 Å². The molecule has 28 heavy (non-hydrogen) atoms. The summed E-state index contributed by atoms with van der Waals surface area (Å²) >= 11 is 0. The average Bonchev–Trinajstić information content (AvgIpc) is 3.32. The van der Waals surface area contributed by atoms with Gasteiger partial charge in [-0.15, -0.1) is 0 Å². The van der Waals surface area contributed by atoms with Crippen molar-refractivity contribution in [1.82, 2.24) is 0 Å². The second-order valence-corrected chi connectivity index (χ2v) is 11.5. The Labute approximate surface area is 168 Å². The SMILES string of the molecule is CC(=O)OCC1C[C@H]2C[C@H]1C(C)C2C1C(C)[C@@H]2CC(COCS(=O)(=O)O)[C@@H]1C2. The Balaban J connectivity index is 1.40. The van der Waals surface area contributed by atoms with E-state index < -0.39 is 16.1 Å². The average molecular weight is 415 g/mol. The van der Waals surface area contributed by atoms with Crippen molar-refractivity contribution in [3.63, 3.8) is 0 Å². The van der Waals surface area contributed by atoms with Crippen LogP contribution in [0.2, 0.25) is 0 Å². The number of fused-ring (bicyclic) bond motifs is 4. The molecule has 0 radical (unpaired) electrons. The van der Waals surface area contributed by atoms with Crippen LogP contribution in [0.1, 0.15) is 46.5 Å². The first kappa shape index (κ1) is 20.6. The summed E-state index contributed by atoms with van der Waals surface area (Å²) in [6, 6.07) is 0. The van der Waals surface area contributed by atoms with E-state index in [1.165, 1.54) is 26.2 Å². The van der Waals surface area contributed by atoms with Crippen LogP contribution in [0.4, 0.5) is 0 Å². The zero-order valence-electron chi connectivity index (χ0n) is 17.1. The van der Waals surface area contributed by atoms with Gasteiger partial charge in [-0.2, -0.15) is 8.42 Å². The van der Waals surface area contributed by atoms with Crippen LogP contribution in [0.15, 0.2) is 0 Å². The van der Waals surface area contributed by atoms with Gasteiger partial charge >= 0.3 is 5.97 Å². The Kier molecular flexibility index (Phi) is 5.55. The minimum Gasteiger partial charge on any atom is -0.466 e. The summed E-state index contributed by atoms with van der Waals surface area (Å²) < 4.78 is 41.5. The Hall–Kier alpha value is -0.660. The Morgan fingerprint density at radius 2 is 1.57 bits per heavy atom. The van der Waals surface area contributed by atoms with Crippen LogP contribution < -0.4 is 0 Å². The van der Waals surface area contributed by atoms with E-state index in [0.29, 0.717) is 48.7 Å². The van der Waals surface area contributed by atoms with Crippen LogP contribution >= 0.6 is 0 Å². The van der Waals surface area contributed by atoms with Crippen LogP contribution in [0, 0.1) is 59.2 Å². The molecule has 10 atom stereocenters. The molecule has 0 aromatic rings. The standard InChI is InChI=1S/C21H34O6S/c1-11-14-4-16(8-26-10-28(23,24)25)19(6-14)21(11)20-12(2)18-7-15(20)5-17(18)9-27-13(3)22/h11-12,14-21H,4-10H2,1-3H3,(H,23,24,25)/t11?,12?,14-,15+,16?,17?,18+,19+,20?,21?/m1/s1. The highest BCUT2D eigenvalue weighted by Crippen LogP contribution is 2.66. The molecule has 4 aliphatic rings. The fourth-order valence-corrected chi connectivity index (χ4v) is 8.20. The maximum absolute atomic E-state index is 11.2. The smallest absolute Gasteiger partial charge is 0.302 e. The van der Waals surface area contributed by atoms with Crippen molar-refractivity contribution in [1.29, 1.82) is 0 Å². The molecule has 6 nitrogen and oxygen atoms in total. The lowest BCUT2D eigenvalue weighted by molar-refractivity contribution is -0.143. The zero-order valence-corrected chi connectivity index (χ0v) is 17.9. The predicted molar refractivity (Wildman–Crippen MR) is 104 cm³/mol. The molecule has 0 heterocycles. The van der Waals surface area contributed by atoms with E-state index >= 15 is 0 Å². The Bertz CT molecular complexity index is 704. The van der Waals surface area contributed by atoms with E-state index in [0.717, 1.165) is 30.1 Å². The molecule has 4 aliphatic carbocycles. The highest BCUT2D eigenvalue weighted by Gasteiger charge is 2.60. The molecule has 4 rings (SSSR count). The van der Waals surface area contributed by atoms with Crippen LogP contribution in [0.3, 0.4) is 0 Å². The molecule has 0 amide bonds. The van der Waals surface area contributed by atoms with Gasteiger partial charge in [0.2, 0.25) is 0 Å². The molecule has 0 aromatic carbocycles. The van der Waals surface area contributed by atoms with Crippen LogP contribution in [-0.2, 0) is 24.4 Å². The number of ether oxygens (including phenoxy) is 2. The second-order valence-electron chi connectivity index (χ2n) is 10.1. The summed E-state index contributed by atoms with van der Waals surface area (Å²) in [4.78, 5) is 11.2. The van der Waals surface area contributed by atoms with E-state index in [9.17, 15) is 13.2 Å². The van der Waals surface area contributed by atoms with Crippen molar-refractivity contribution < 1.29 is 27.2 Å². The van der Waals surface area contributed by atoms with Gasteiger partial charge in [0, 0.05) is 6.92 Å². The Morgan fingerprint density at radius 1 is 0.929 bits per heavy atom. The van der Waals surface area contributed by atoms with Crippen molar-refractivity contribution >= 4 is 16.1 Å². The molecule has 0 aromatic heterocycles. The van der Waals surface area contributed by atoms with E-state index in [4.69, 9.17) is 14.0 Å². The van der Waals surface area contributed by atoms with Gasteiger partial charge in [0.05, 0.1) is 13.2 Å². The largest absolute Gasteiger partial charge is 0.466 e. The molecular formula is C21H34O6S. The van der Waals surface area contributed by atoms with E-state index in [-0.39, 0.29) is 5.97 Å². The van der Waals surface area contributed by atoms with Crippen LogP contribution in [0.5, 0.6) is 0 Å². The highest BCUT2D eigenvalue weighted by atomic mass is 32.2. The van der Waals surface area contributed by atoms with Gasteiger partial charge in [-0.1, -0.05) is 13.8 Å². The third kappa shape index (κ3) is 3.74.